The zero-order valence-corrected chi connectivity index (χ0v) is 12.4. The molecule has 1 heterocycles. The monoisotopic (exact) mass is 303 g/mol. The maximum atomic E-state index is 12.6. The molecule has 108 valence electrons. The highest BCUT2D eigenvalue weighted by atomic mass is 35.5. The average Bonchev–Trinajstić information content (AvgIpc) is 2.70. The van der Waals surface area contributed by atoms with Gasteiger partial charge in [0.1, 0.15) is 5.75 Å². The number of likely N-dealkylation sites (N-methyl/N-ethyl adjacent to an activating group) is 1. The molecule has 1 aliphatic rings. The molecule has 0 radical (unpaired) electrons. The lowest BCUT2D eigenvalue weighted by molar-refractivity contribution is -0.131. The summed E-state index contributed by atoms with van der Waals surface area (Å²) in [5.74, 6) is 0.261. The van der Waals surface area contributed by atoms with Gasteiger partial charge in [-0.15, -0.1) is 0 Å². The molecule has 0 aromatic heterocycles. The molecule has 5 heteroatoms. The van der Waals surface area contributed by atoms with Crippen LogP contribution in [0, 0.1) is 0 Å². The molecule has 0 spiro atoms. The van der Waals surface area contributed by atoms with Gasteiger partial charge in [0.15, 0.2) is 5.60 Å². The van der Waals surface area contributed by atoms with Gasteiger partial charge >= 0.3 is 0 Å². The van der Waals surface area contributed by atoms with Crippen molar-refractivity contribution in [2.24, 2.45) is 0 Å². The maximum Gasteiger partial charge on any atom is 0.268 e. The van der Waals surface area contributed by atoms with Crippen LogP contribution in [0.3, 0.4) is 0 Å². The van der Waals surface area contributed by atoms with Gasteiger partial charge in [-0.25, -0.2) is 0 Å². The smallest absolute Gasteiger partial charge is 0.268 e. The van der Waals surface area contributed by atoms with Gasteiger partial charge in [0.2, 0.25) is 0 Å². The van der Waals surface area contributed by atoms with Crippen LogP contribution >= 0.6 is 11.6 Å². The molecule has 1 amide bonds. The van der Waals surface area contributed by atoms with Crippen LogP contribution in [0.2, 0.25) is 5.02 Å². The SMILES string of the molecule is COc1ccc([C@@]2(O)C(=O)N(C)c3ccc(Cl)cc32)cc1. The summed E-state index contributed by atoms with van der Waals surface area (Å²) >= 11 is 6.02. The highest BCUT2D eigenvalue weighted by Gasteiger charge is 2.49. The largest absolute Gasteiger partial charge is 0.497 e. The van der Waals surface area contributed by atoms with Crippen LogP contribution in [0.4, 0.5) is 5.69 Å². The third-order valence-corrected chi connectivity index (χ3v) is 4.07. The number of carbonyl (C=O) groups is 1. The van der Waals surface area contributed by atoms with Gasteiger partial charge in [0, 0.05) is 17.6 Å². The third-order valence-electron chi connectivity index (χ3n) is 3.83. The number of amides is 1. The first-order valence-electron chi connectivity index (χ1n) is 6.43. The molecule has 2 aromatic rings. The van der Waals surface area contributed by atoms with E-state index in [2.05, 4.69) is 0 Å². The number of anilines is 1. The van der Waals surface area contributed by atoms with E-state index in [1.54, 1.807) is 56.6 Å². The molecule has 0 saturated carbocycles. The highest BCUT2D eigenvalue weighted by molar-refractivity contribution is 6.31. The second kappa shape index (κ2) is 4.76. The fourth-order valence-corrected chi connectivity index (χ4v) is 2.84. The topological polar surface area (TPSA) is 49.8 Å². The van der Waals surface area contributed by atoms with E-state index in [9.17, 15) is 9.90 Å². The number of benzene rings is 2. The molecule has 3 rings (SSSR count). The number of nitrogens with zero attached hydrogens (tertiary/aromatic N) is 1. The van der Waals surface area contributed by atoms with Crippen molar-refractivity contribution in [1.29, 1.82) is 0 Å². The van der Waals surface area contributed by atoms with Crippen molar-refractivity contribution in [2.45, 2.75) is 5.60 Å². The van der Waals surface area contributed by atoms with Crippen molar-refractivity contribution >= 4 is 23.2 Å². The number of hydrogen-bond donors (Lipinski definition) is 1. The minimum absolute atomic E-state index is 0.398. The second-order valence-corrected chi connectivity index (χ2v) is 5.40. The first-order valence-corrected chi connectivity index (χ1v) is 6.81. The van der Waals surface area contributed by atoms with E-state index in [1.165, 1.54) is 4.90 Å². The van der Waals surface area contributed by atoms with E-state index in [0.29, 0.717) is 27.6 Å². The Labute approximate surface area is 127 Å². The summed E-state index contributed by atoms with van der Waals surface area (Å²) in [6.45, 7) is 0. The molecule has 0 unspecified atom stereocenters. The number of rotatable bonds is 2. The van der Waals surface area contributed by atoms with Crippen LogP contribution in [0.15, 0.2) is 42.5 Å². The molecule has 0 saturated heterocycles. The number of hydrogen-bond acceptors (Lipinski definition) is 3. The van der Waals surface area contributed by atoms with Crippen LogP contribution in [0.1, 0.15) is 11.1 Å². The van der Waals surface area contributed by atoms with Gasteiger partial charge in [0.05, 0.1) is 12.8 Å². The van der Waals surface area contributed by atoms with Crippen molar-refractivity contribution in [3.8, 4) is 5.75 Å². The van der Waals surface area contributed by atoms with E-state index >= 15 is 0 Å². The van der Waals surface area contributed by atoms with Gasteiger partial charge in [-0.05, 0) is 35.9 Å². The summed E-state index contributed by atoms with van der Waals surface area (Å²) in [5, 5.41) is 11.5. The molecular weight excluding hydrogens is 290 g/mol. The van der Waals surface area contributed by atoms with Crippen LogP contribution in [0.5, 0.6) is 5.75 Å². The second-order valence-electron chi connectivity index (χ2n) is 4.96. The number of halogens is 1. The summed E-state index contributed by atoms with van der Waals surface area (Å²) in [7, 11) is 3.20. The minimum Gasteiger partial charge on any atom is -0.497 e. The van der Waals surface area contributed by atoms with Crippen molar-refractivity contribution in [3.05, 3.63) is 58.6 Å². The van der Waals surface area contributed by atoms with Crippen LogP contribution in [-0.4, -0.2) is 25.2 Å². The average molecular weight is 304 g/mol. The van der Waals surface area contributed by atoms with Crippen molar-refractivity contribution in [1.82, 2.24) is 0 Å². The Hall–Kier alpha value is -2.04. The zero-order chi connectivity index (χ0) is 15.2. The lowest BCUT2D eigenvalue weighted by Crippen LogP contribution is -2.39. The summed E-state index contributed by atoms with van der Waals surface area (Å²) in [6, 6.07) is 11.8. The number of carbonyl (C=O) groups excluding carboxylic acids is 1. The fraction of sp³-hybridized carbons (Fsp3) is 0.188. The lowest BCUT2D eigenvalue weighted by atomic mass is 9.87. The van der Waals surface area contributed by atoms with Gasteiger partial charge in [-0.2, -0.15) is 0 Å². The van der Waals surface area contributed by atoms with Gasteiger partial charge in [-0.1, -0.05) is 23.7 Å². The van der Waals surface area contributed by atoms with Gasteiger partial charge in [0.25, 0.3) is 5.91 Å². The third kappa shape index (κ3) is 1.91. The van der Waals surface area contributed by atoms with E-state index in [1.807, 2.05) is 0 Å². The summed E-state index contributed by atoms with van der Waals surface area (Å²) < 4.78 is 5.10. The standard InChI is InChI=1S/C16H14ClNO3/c1-18-14-8-5-11(17)9-13(14)16(20,15(18)19)10-3-6-12(21-2)7-4-10/h3-9,20H,1-2H3/t16-/m0/s1. The quantitative estimate of drug-likeness (QED) is 0.927. The Morgan fingerprint density at radius 2 is 1.86 bits per heavy atom. The maximum absolute atomic E-state index is 12.6. The van der Waals surface area contributed by atoms with Crippen molar-refractivity contribution in [3.63, 3.8) is 0 Å². The lowest BCUT2D eigenvalue weighted by Gasteiger charge is -2.22. The number of ether oxygens (including phenoxy) is 1. The number of methoxy groups -OCH3 is 1. The fourth-order valence-electron chi connectivity index (χ4n) is 2.67. The predicted molar refractivity (Wildman–Crippen MR) is 80.9 cm³/mol. The Kier molecular flexibility index (Phi) is 3.15. The Morgan fingerprint density at radius 1 is 1.19 bits per heavy atom. The Bertz CT molecular complexity index is 714. The van der Waals surface area contributed by atoms with Crippen LogP contribution in [0.25, 0.3) is 0 Å². The first kappa shape index (κ1) is 13.9. The molecule has 1 aliphatic heterocycles. The summed E-state index contributed by atoms with van der Waals surface area (Å²) in [6.07, 6.45) is 0. The van der Waals surface area contributed by atoms with Crippen LogP contribution in [-0.2, 0) is 10.4 Å². The normalized spacial score (nSPS) is 20.6. The Balaban J connectivity index is 2.20. The van der Waals surface area contributed by atoms with Crippen molar-refractivity contribution in [2.75, 3.05) is 19.1 Å². The summed E-state index contributed by atoms with van der Waals surface area (Å²) in [4.78, 5) is 14.0. The molecule has 0 aliphatic carbocycles. The van der Waals surface area contributed by atoms with E-state index in [-0.39, 0.29) is 0 Å². The van der Waals surface area contributed by atoms with E-state index in [4.69, 9.17) is 16.3 Å². The predicted octanol–water partition coefficient (Wildman–Crippen LogP) is 2.56. The molecule has 0 fully saturated rings. The summed E-state index contributed by atoms with van der Waals surface area (Å²) in [5.41, 5.74) is -0.0853. The Morgan fingerprint density at radius 3 is 2.48 bits per heavy atom. The highest BCUT2D eigenvalue weighted by Crippen LogP contribution is 2.44. The number of fused-ring (bicyclic) bond motifs is 1. The van der Waals surface area contributed by atoms with Crippen molar-refractivity contribution < 1.29 is 14.6 Å². The van der Waals surface area contributed by atoms with Crippen LogP contribution < -0.4 is 9.64 Å². The van der Waals surface area contributed by atoms with E-state index in [0.717, 1.165) is 0 Å². The first-order chi connectivity index (χ1) is 9.98. The molecule has 2 aromatic carbocycles. The molecular formula is C16H14ClNO3. The minimum atomic E-state index is -1.72. The molecule has 21 heavy (non-hydrogen) atoms. The molecule has 1 N–H and O–H groups in total. The van der Waals surface area contributed by atoms with E-state index < -0.39 is 11.5 Å². The number of aliphatic hydroxyl groups is 1. The van der Waals surface area contributed by atoms with Gasteiger partial charge in [-0.3, -0.25) is 4.79 Å². The zero-order valence-electron chi connectivity index (χ0n) is 11.6. The molecule has 4 nitrogen and oxygen atoms in total. The molecule has 0 bridgehead atoms. The van der Waals surface area contributed by atoms with Gasteiger partial charge < -0.3 is 14.7 Å². The molecule has 1 atom stereocenters.